The Hall–Kier alpha value is -1.21. The van der Waals surface area contributed by atoms with Crippen molar-refractivity contribution in [2.45, 2.75) is 39.0 Å². The van der Waals surface area contributed by atoms with E-state index in [1.165, 1.54) is 16.9 Å². The Labute approximate surface area is 191 Å². The maximum Gasteiger partial charge on any atom is 1.00 e. The number of amides is 1. The Morgan fingerprint density at radius 2 is 1.79 bits per heavy atom. The maximum atomic E-state index is 12.7. The molecule has 7 heteroatoms. The smallest absolute Gasteiger partial charge is 0.550 e. The van der Waals surface area contributed by atoms with Gasteiger partial charge >= 0.3 is 29.6 Å². The van der Waals surface area contributed by atoms with Gasteiger partial charge in [0, 0.05) is 28.7 Å². The van der Waals surface area contributed by atoms with Crippen molar-refractivity contribution in [2.24, 2.45) is 23.7 Å². The number of rotatable bonds is 5. The Bertz CT molecular complexity index is 865. The number of thiazole rings is 1. The molecule has 1 aromatic carbocycles. The molecule has 2 aliphatic carbocycles. The van der Waals surface area contributed by atoms with E-state index in [0.717, 1.165) is 30.5 Å². The van der Waals surface area contributed by atoms with Crippen LogP contribution in [0.15, 0.2) is 29.6 Å². The number of carbonyl (C=O) groups excluding carboxylic acids is 2. The minimum absolute atomic E-state index is 0. The van der Waals surface area contributed by atoms with Gasteiger partial charge in [0.1, 0.15) is 0 Å². The minimum atomic E-state index is -1.09. The molecule has 0 aliphatic heterocycles. The van der Waals surface area contributed by atoms with Crippen molar-refractivity contribution in [1.29, 1.82) is 0 Å². The number of hydrogen-bond acceptors (Lipinski definition) is 5. The van der Waals surface area contributed by atoms with Crippen LogP contribution in [0.3, 0.4) is 0 Å². The first kappa shape index (κ1) is 21.5. The van der Waals surface area contributed by atoms with E-state index in [1.807, 2.05) is 17.5 Å². The zero-order valence-corrected chi connectivity index (χ0v) is 19.3. The third kappa shape index (κ3) is 4.06. The Morgan fingerprint density at radius 3 is 2.39 bits per heavy atom. The number of hydrogen-bond donors (Lipinski definition) is 1. The van der Waals surface area contributed by atoms with Gasteiger partial charge in [-0.2, -0.15) is 0 Å². The first-order valence-electron chi connectivity index (χ1n) is 9.51. The largest absolute Gasteiger partial charge is 1.00 e. The Kier molecular flexibility index (Phi) is 6.65. The van der Waals surface area contributed by atoms with Crippen molar-refractivity contribution in [3.63, 3.8) is 0 Å². The molecule has 4 atom stereocenters. The van der Waals surface area contributed by atoms with Crippen LogP contribution in [0, 0.1) is 23.7 Å². The summed E-state index contributed by atoms with van der Waals surface area (Å²) in [7, 11) is 0. The van der Waals surface area contributed by atoms with Gasteiger partial charge < -0.3 is 15.2 Å². The topological polar surface area (TPSA) is 82.1 Å². The van der Waals surface area contributed by atoms with E-state index in [-0.39, 0.29) is 47.3 Å². The quantitative estimate of drug-likeness (QED) is 0.724. The van der Waals surface area contributed by atoms with E-state index in [0.29, 0.717) is 11.0 Å². The predicted octanol–water partition coefficient (Wildman–Crippen LogP) is 0.288. The van der Waals surface area contributed by atoms with E-state index >= 15 is 0 Å². The number of nitrogens with one attached hydrogen (secondary N) is 1. The third-order valence-corrected chi connectivity index (χ3v) is 6.86. The average Bonchev–Trinajstić information content (AvgIpc) is 3.37. The third-order valence-electron chi connectivity index (χ3n) is 6.10. The Morgan fingerprint density at radius 1 is 1.14 bits per heavy atom. The van der Waals surface area contributed by atoms with Crippen LogP contribution >= 0.6 is 11.3 Å². The second-order valence-electron chi connectivity index (χ2n) is 8.01. The van der Waals surface area contributed by atoms with Crippen molar-refractivity contribution in [3.8, 4) is 11.3 Å². The second-order valence-corrected chi connectivity index (χ2v) is 8.87. The fourth-order valence-corrected chi connectivity index (χ4v) is 5.42. The summed E-state index contributed by atoms with van der Waals surface area (Å²) < 4.78 is 0. The fraction of sp³-hybridized carbons (Fsp3) is 0.476. The van der Waals surface area contributed by atoms with E-state index in [2.05, 4.69) is 36.3 Å². The molecule has 2 bridgehead atoms. The van der Waals surface area contributed by atoms with E-state index in [9.17, 15) is 14.7 Å². The first-order valence-corrected chi connectivity index (χ1v) is 10.4. The van der Waals surface area contributed by atoms with Crippen molar-refractivity contribution < 1.29 is 44.3 Å². The molecule has 1 amide bonds. The number of nitrogens with zero attached hydrogens (tertiary/aromatic N) is 1. The van der Waals surface area contributed by atoms with Crippen LogP contribution in [0.1, 0.15) is 44.6 Å². The second kappa shape index (κ2) is 8.66. The summed E-state index contributed by atoms with van der Waals surface area (Å²) in [6, 6.07) is 8.27. The molecule has 2 aromatic rings. The average molecular weight is 406 g/mol. The molecule has 28 heavy (non-hydrogen) atoms. The van der Waals surface area contributed by atoms with Gasteiger partial charge in [-0.25, -0.2) is 4.98 Å². The maximum absolute atomic E-state index is 12.7. The number of aromatic nitrogens is 1. The molecule has 5 nitrogen and oxygen atoms in total. The van der Waals surface area contributed by atoms with Gasteiger partial charge in [-0.3, -0.25) is 4.79 Å². The molecule has 0 saturated heterocycles. The number of carboxylic acid groups (broad SMARTS) is 1. The van der Waals surface area contributed by atoms with Crippen LogP contribution < -0.4 is 40.0 Å². The molecule has 4 unspecified atom stereocenters. The van der Waals surface area contributed by atoms with Gasteiger partial charge in [-0.15, -0.1) is 11.3 Å². The molecular formula is C21H23N2NaO3S. The molecule has 1 heterocycles. The summed E-state index contributed by atoms with van der Waals surface area (Å²) in [5, 5.41) is 16.8. The van der Waals surface area contributed by atoms with Crippen molar-refractivity contribution >= 4 is 28.3 Å². The summed E-state index contributed by atoms with van der Waals surface area (Å²) in [6.07, 6.45) is 2.64. The number of carboxylic acids is 1. The number of anilines is 1. The van der Waals surface area contributed by atoms with E-state index in [1.54, 1.807) is 0 Å². The van der Waals surface area contributed by atoms with Gasteiger partial charge in [-0.05, 0) is 42.6 Å². The monoisotopic (exact) mass is 406 g/mol. The Balaban J connectivity index is 0.00000225. The molecule has 1 aromatic heterocycles. The molecule has 4 rings (SSSR count). The summed E-state index contributed by atoms with van der Waals surface area (Å²) in [5.41, 5.74) is 3.09. The van der Waals surface area contributed by atoms with Gasteiger partial charge in [-0.1, -0.05) is 38.1 Å². The number of aliphatic carboxylic acids is 1. The van der Waals surface area contributed by atoms with Crippen LogP contribution in [0.4, 0.5) is 5.13 Å². The normalized spacial score (nSPS) is 25.5. The fourth-order valence-electron chi connectivity index (χ4n) is 4.70. The number of benzene rings is 1. The first-order chi connectivity index (χ1) is 12.9. The van der Waals surface area contributed by atoms with Crippen molar-refractivity contribution in [1.82, 2.24) is 4.98 Å². The van der Waals surface area contributed by atoms with Crippen LogP contribution in [-0.2, 0) is 9.59 Å². The van der Waals surface area contributed by atoms with Gasteiger partial charge in [0.05, 0.1) is 5.69 Å². The number of fused-ring (bicyclic) bond motifs is 2. The predicted molar refractivity (Wildman–Crippen MR) is 103 cm³/mol. The molecule has 2 saturated carbocycles. The molecule has 0 radical (unpaired) electrons. The minimum Gasteiger partial charge on any atom is -0.550 e. The zero-order chi connectivity index (χ0) is 19.1. The van der Waals surface area contributed by atoms with E-state index < -0.39 is 17.8 Å². The van der Waals surface area contributed by atoms with Gasteiger partial charge in [0.2, 0.25) is 5.91 Å². The summed E-state index contributed by atoms with van der Waals surface area (Å²) >= 11 is 1.37. The summed E-state index contributed by atoms with van der Waals surface area (Å²) in [6.45, 7) is 4.31. The standard InChI is InChI=1S/C21H24N2O3S.Na/c1-11(2)12-3-5-13(6-4-12)16-10-27-21(22-16)23-19(24)17-14-7-8-15(9-14)18(17)20(25)26;/h3-6,10-11,14-15,17-18H,7-9H2,1-2H3,(H,25,26)(H,22,23,24);/q;+1/p-1. The van der Waals surface area contributed by atoms with Crippen LogP contribution in [0.25, 0.3) is 11.3 Å². The number of carbonyl (C=O) groups is 2. The zero-order valence-electron chi connectivity index (χ0n) is 16.5. The summed E-state index contributed by atoms with van der Waals surface area (Å²) in [5.74, 6) is -1.76. The molecule has 2 aliphatic rings. The molecule has 142 valence electrons. The molecule has 1 N–H and O–H groups in total. The van der Waals surface area contributed by atoms with Crippen LogP contribution in [-0.4, -0.2) is 16.9 Å². The molecule has 2 fully saturated rings. The molecular weight excluding hydrogens is 383 g/mol. The van der Waals surface area contributed by atoms with Gasteiger partial charge in [0.15, 0.2) is 5.13 Å². The van der Waals surface area contributed by atoms with Crippen LogP contribution in [0.5, 0.6) is 0 Å². The van der Waals surface area contributed by atoms with E-state index in [4.69, 9.17) is 0 Å². The van der Waals surface area contributed by atoms with Crippen molar-refractivity contribution in [2.75, 3.05) is 5.32 Å². The van der Waals surface area contributed by atoms with Crippen molar-refractivity contribution in [3.05, 3.63) is 35.2 Å². The van der Waals surface area contributed by atoms with Gasteiger partial charge in [0.25, 0.3) is 0 Å². The SMILES string of the molecule is CC(C)c1ccc(-c2csc(NC(=O)C3C4CCC(C4)C3C(=O)[O-])n2)cc1.[Na+]. The summed E-state index contributed by atoms with van der Waals surface area (Å²) in [4.78, 5) is 28.8. The van der Waals surface area contributed by atoms with Crippen LogP contribution in [0.2, 0.25) is 0 Å². The molecule has 0 spiro atoms.